The zero-order valence-electron chi connectivity index (χ0n) is 16.2. The van der Waals surface area contributed by atoms with E-state index in [1.807, 2.05) is 20.8 Å². The Morgan fingerprint density at radius 3 is 2.23 bits per heavy atom. The van der Waals surface area contributed by atoms with Gasteiger partial charge in [0.1, 0.15) is 11.6 Å². The van der Waals surface area contributed by atoms with E-state index in [1.54, 1.807) is 12.1 Å². The summed E-state index contributed by atoms with van der Waals surface area (Å²) in [5.41, 5.74) is 4.82. The third kappa shape index (κ3) is 4.14. The third-order valence-corrected chi connectivity index (χ3v) is 5.47. The first-order chi connectivity index (χ1) is 12.4. The fourth-order valence-electron chi connectivity index (χ4n) is 3.74. The molecule has 0 aliphatic heterocycles. The Bertz CT molecular complexity index is 763. The molecule has 0 saturated carbocycles. The van der Waals surface area contributed by atoms with Crippen molar-refractivity contribution in [1.29, 1.82) is 0 Å². The molecule has 2 aromatic rings. The normalized spacial score (nSPS) is 12.2. The van der Waals surface area contributed by atoms with Gasteiger partial charge in [0.25, 0.3) is 0 Å². The minimum atomic E-state index is -0.270. The molecule has 26 heavy (non-hydrogen) atoms. The second-order valence-corrected chi connectivity index (χ2v) is 7.12. The summed E-state index contributed by atoms with van der Waals surface area (Å²) in [5, 5.41) is 10.9. The van der Waals surface area contributed by atoms with Crippen LogP contribution in [-0.4, -0.2) is 11.4 Å². The Morgan fingerprint density at radius 1 is 1.00 bits per heavy atom. The molecular formula is C23H29FO2. The van der Waals surface area contributed by atoms with Crippen molar-refractivity contribution in [2.24, 2.45) is 0 Å². The number of phenols is 1. The Morgan fingerprint density at radius 2 is 1.65 bits per heavy atom. The fourth-order valence-corrected chi connectivity index (χ4v) is 3.74. The van der Waals surface area contributed by atoms with Crippen LogP contribution in [0.15, 0.2) is 24.3 Å². The van der Waals surface area contributed by atoms with Gasteiger partial charge in [0, 0.05) is 17.0 Å². The predicted octanol–water partition coefficient (Wildman–Crippen LogP) is 6.37. The van der Waals surface area contributed by atoms with Crippen LogP contribution in [0.1, 0.15) is 83.1 Å². The first-order valence-electron chi connectivity index (χ1n) is 9.45. The number of rotatable bonds is 8. The number of aromatic hydroxyl groups is 1. The largest absolute Gasteiger partial charge is 0.507 e. The van der Waals surface area contributed by atoms with Crippen molar-refractivity contribution in [1.82, 2.24) is 0 Å². The lowest BCUT2D eigenvalue weighted by atomic mass is 9.80. The predicted molar refractivity (Wildman–Crippen MR) is 105 cm³/mol. The van der Waals surface area contributed by atoms with Crippen molar-refractivity contribution in [2.45, 2.75) is 65.7 Å². The molecule has 1 unspecified atom stereocenters. The molecule has 140 valence electrons. The number of unbranched alkanes of at least 4 members (excludes halogenated alkanes) is 3. The van der Waals surface area contributed by atoms with Gasteiger partial charge in [-0.25, -0.2) is 4.39 Å². The number of benzene rings is 2. The summed E-state index contributed by atoms with van der Waals surface area (Å²) in [6.45, 7) is 7.78. The Balaban J connectivity index is 2.56. The van der Waals surface area contributed by atoms with Crippen LogP contribution in [0.25, 0.3) is 0 Å². The van der Waals surface area contributed by atoms with Gasteiger partial charge >= 0.3 is 0 Å². The number of hydrogen-bond donors (Lipinski definition) is 1. The molecule has 0 bridgehead atoms. The van der Waals surface area contributed by atoms with E-state index in [0.717, 1.165) is 59.8 Å². The Hall–Kier alpha value is -2.16. The zero-order chi connectivity index (χ0) is 19.3. The number of carbonyl (C=O) groups is 1. The Labute approximate surface area is 156 Å². The van der Waals surface area contributed by atoms with Crippen LogP contribution in [0, 0.1) is 26.6 Å². The standard InChI is InChI=1S/C23H29FO2/c1-5-6-7-8-9-20(18-10-12-19(24)13-11-18)22-17(4)21(14-25)15(2)16(3)23(22)26/h10-14,20,26H,5-9H2,1-4H3. The van der Waals surface area contributed by atoms with Crippen molar-refractivity contribution in [2.75, 3.05) is 0 Å². The third-order valence-electron chi connectivity index (χ3n) is 5.47. The van der Waals surface area contributed by atoms with Gasteiger partial charge < -0.3 is 5.11 Å². The average molecular weight is 356 g/mol. The molecule has 3 heteroatoms. The minimum absolute atomic E-state index is 0.0505. The highest BCUT2D eigenvalue weighted by atomic mass is 19.1. The first-order valence-corrected chi connectivity index (χ1v) is 9.45. The molecule has 0 aromatic heterocycles. The summed E-state index contributed by atoms with van der Waals surface area (Å²) >= 11 is 0. The molecule has 0 saturated heterocycles. The molecule has 1 N–H and O–H groups in total. The second-order valence-electron chi connectivity index (χ2n) is 7.12. The molecule has 0 radical (unpaired) electrons. The minimum Gasteiger partial charge on any atom is -0.507 e. The highest BCUT2D eigenvalue weighted by Crippen LogP contribution is 2.41. The maximum Gasteiger partial charge on any atom is 0.150 e. The van der Waals surface area contributed by atoms with Crippen LogP contribution in [0.4, 0.5) is 4.39 Å². The van der Waals surface area contributed by atoms with Crippen LogP contribution < -0.4 is 0 Å². The van der Waals surface area contributed by atoms with Gasteiger partial charge in [-0.15, -0.1) is 0 Å². The van der Waals surface area contributed by atoms with Crippen LogP contribution in [-0.2, 0) is 0 Å². The first kappa shape index (κ1) is 20.2. The summed E-state index contributed by atoms with van der Waals surface area (Å²) in [6.07, 6.45) is 6.22. The van der Waals surface area contributed by atoms with Crippen molar-refractivity contribution in [3.8, 4) is 5.75 Å². The maximum absolute atomic E-state index is 13.4. The van der Waals surface area contributed by atoms with E-state index in [2.05, 4.69) is 6.92 Å². The molecule has 2 aromatic carbocycles. The number of hydrogen-bond acceptors (Lipinski definition) is 2. The fraction of sp³-hybridized carbons (Fsp3) is 0.435. The van der Waals surface area contributed by atoms with E-state index in [1.165, 1.54) is 18.6 Å². The second kappa shape index (κ2) is 8.98. The monoisotopic (exact) mass is 356 g/mol. The summed E-state index contributed by atoms with van der Waals surface area (Å²) in [4.78, 5) is 11.6. The van der Waals surface area contributed by atoms with E-state index in [-0.39, 0.29) is 17.5 Å². The van der Waals surface area contributed by atoms with E-state index in [0.29, 0.717) is 5.56 Å². The van der Waals surface area contributed by atoms with Crippen LogP contribution in [0.5, 0.6) is 5.75 Å². The van der Waals surface area contributed by atoms with Gasteiger partial charge in [-0.3, -0.25) is 4.79 Å². The van der Waals surface area contributed by atoms with Crippen LogP contribution in [0.3, 0.4) is 0 Å². The maximum atomic E-state index is 13.4. The summed E-state index contributed by atoms with van der Waals surface area (Å²) in [7, 11) is 0. The van der Waals surface area contributed by atoms with Gasteiger partial charge in [0.15, 0.2) is 6.29 Å². The molecule has 0 amide bonds. The van der Waals surface area contributed by atoms with E-state index in [4.69, 9.17) is 0 Å². The van der Waals surface area contributed by atoms with Gasteiger partial charge in [-0.2, -0.15) is 0 Å². The SMILES string of the molecule is CCCCCCC(c1ccc(F)cc1)c1c(C)c(C=O)c(C)c(C)c1O. The Kier molecular flexibility index (Phi) is 6.96. The van der Waals surface area contributed by atoms with Crippen LogP contribution >= 0.6 is 0 Å². The van der Waals surface area contributed by atoms with E-state index < -0.39 is 0 Å². The van der Waals surface area contributed by atoms with Gasteiger partial charge in [0.05, 0.1) is 0 Å². The van der Waals surface area contributed by atoms with Crippen molar-refractivity contribution in [3.63, 3.8) is 0 Å². The van der Waals surface area contributed by atoms with Crippen molar-refractivity contribution in [3.05, 3.63) is 63.5 Å². The van der Waals surface area contributed by atoms with Gasteiger partial charge in [0.2, 0.25) is 0 Å². The number of phenolic OH excluding ortho intramolecular Hbond substituents is 1. The zero-order valence-corrected chi connectivity index (χ0v) is 16.2. The van der Waals surface area contributed by atoms with Gasteiger partial charge in [-0.1, -0.05) is 44.7 Å². The molecule has 0 spiro atoms. The molecule has 1 atom stereocenters. The van der Waals surface area contributed by atoms with Gasteiger partial charge in [-0.05, 0) is 61.6 Å². The molecule has 2 rings (SSSR count). The topological polar surface area (TPSA) is 37.3 Å². The van der Waals surface area contributed by atoms with E-state index in [9.17, 15) is 14.3 Å². The molecule has 0 fully saturated rings. The van der Waals surface area contributed by atoms with E-state index >= 15 is 0 Å². The molecule has 0 aliphatic carbocycles. The quantitative estimate of drug-likeness (QED) is 0.441. The highest BCUT2D eigenvalue weighted by molar-refractivity contribution is 5.82. The van der Waals surface area contributed by atoms with Crippen molar-refractivity contribution < 1.29 is 14.3 Å². The van der Waals surface area contributed by atoms with Crippen molar-refractivity contribution >= 4 is 6.29 Å². The molecule has 2 nitrogen and oxygen atoms in total. The molecular weight excluding hydrogens is 327 g/mol. The highest BCUT2D eigenvalue weighted by Gasteiger charge is 2.24. The number of halogens is 1. The summed E-state index contributed by atoms with van der Waals surface area (Å²) < 4.78 is 13.4. The number of carbonyl (C=O) groups excluding carboxylic acids is 1. The average Bonchev–Trinajstić information content (AvgIpc) is 2.63. The molecule has 0 heterocycles. The lowest BCUT2D eigenvalue weighted by molar-refractivity contribution is 0.112. The summed E-state index contributed by atoms with van der Waals surface area (Å²) in [5.74, 6) is -0.0611. The summed E-state index contributed by atoms with van der Waals surface area (Å²) in [6, 6.07) is 6.49. The lowest BCUT2D eigenvalue weighted by Crippen LogP contribution is -2.09. The smallest absolute Gasteiger partial charge is 0.150 e. The lowest BCUT2D eigenvalue weighted by Gasteiger charge is -2.25. The van der Waals surface area contributed by atoms with Crippen LogP contribution in [0.2, 0.25) is 0 Å². The number of aldehydes is 1. The molecule has 0 aliphatic rings.